The van der Waals surface area contributed by atoms with Crippen LogP contribution in [0.25, 0.3) is 6.08 Å². The Labute approximate surface area is 127 Å². The first-order valence-corrected chi connectivity index (χ1v) is 7.08. The molecule has 0 aliphatic heterocycles. The van der Waals surface area contributed by atoms with E-state index in [2.05, 4.69) is 15.9 Å². The number of nitrogens with zero attached hydrogens (tertiary/aromatic N) is 1. The lowest BCUT2D eigenvalue weighted by Crippen LogP contribution is -2.24. The van der Waals surface area contributed by atoms with Crippen LogP contribution >= 0.6 is 15.9 Å². The average molecular weight is 334 g/mol. The maximum absolute atomic E-state index is 12.0. The molecule has 4 heteroatoms. The Kier molecular flexibility index (Phi) is 4.79. The molecule has 104 valence electrons. The molecule has 0 fully saturated rings. The fraction of sp³-hybridized carbons (Fsp3) is 0.188. The Morgan fingerprint density at radius 3 is 2.70 bits per heavy atom. The summed E-state index contributed by atoms with van der Waals surface area (Å²) in [6.45, 7) is 2.43. The molecule has 0 spiro atoms. The number of furan rings is 1. The first-order valence-electron chi connectivity index (χ1n) is 6.29. The van der Waals surface area contributed by atoms with Gasteiger partial charge in [0.2, 0.25) is 5.91 Å². The SMILES string of the molecule is Cc1ccc(/C=C/C(=O)N(C)Cc2ccccc2Br)o1. The van der Waals surface area contributed by atoms with Gasteiger partial charge in [-0.25, -0.2) is 0 Å². The summed E-state index contributed by atoms with van der Waals surface area (Å²) >= 11 is 3.48. The Hall–Kier alpha value is -1.81. The maximum Gasteiger partial charge on any atom is 0.246 e. The second-order valence-electron chi connectivity index (χ2n) is 4.57. The number of hydrogen-bond donors (Lipinski definition) is 0. The predicted molar refractivity (Wildman–Crippen MR) is 83.1 cm³/mol. The van der Waals surface area contributed by atoms with Gasteiger partial charge in [-0.05, 0) is 36.8 Å². The van der Waals surface area contributed by atoms with Crippen molar-refractivity contribution in [2.24, 2.45) is 0 Å². The smallest absolute Gasteiger partial charge is 0.246 e. The standard InChI is InChI=1S/C16H16BrNO2/c1-12-7-8-14(20-12)9-10-16(19)18(2)11-13-5-3-4-6-15(13)17/h3-10H,11H2,1-2H3/b10-9+. The average Bonchev–Trinajstić information content (AvgIpc) is 2.84. The normalized spacial score (nSPS) is 10.9. The fourth-order valence-corrected chi connectivity index (χ4v) is 2.19. The number of benzene rings is 1. The summed E-state index contributed by atoms with van der Waals surface area (Å²) < 4.78 is 6.39. The summed E-state index contributed by atoms with van der Waals surface area (Å²) in [6.07, 6.45) is 3.21. The zero-order valence-corrected chi connectivity index (χ0v) is 13.1. The summed E-state index contributed by atoms with van der Waals surface area (Å²) in [6, 6.07) is 11.6. The highest BCUT2D eigenvalue weighted by atomic mass is 79.9. The van der Waals surface area contributed by atoms with Gasteiger partial charge in [-0.2, -0.15) is 0 Å². The van der Waals surface area contributed by atoms with E-state index in [0.29, 0.717) is 12.3 Å². The Balaban J connectivity index is 1.99. The summed E-state index contributed by atoms with van der Waals surface area (Å²) in [5.41, 5.74) is 1.07. The molecule has 0 saturated carbocycles. The number of carbonyl (C=O) groups excluding carboxylic acids is 1. The van der Waals surface area contributed by atoms with E-state index in [-0.39, 0.29) is 5.91 Å². The van der Waals surface area contributed by atoms with Gasteiger partial charge in [-0.3, -0.25) is 4.79 Å². The second-order valence-corrected chi connectivity index (χ2v) is 5.42. The van der Waals surface area contributed by atoms with E-state index in [4.69, 9.17) is 4.42 Å². The fourth-order valence-electron chi connectivity index (χ4n) is 1.78. The van der Waals surface area contributed by atoms with Gasteiger partial charge < -0.3 is 9.32 Å². The van der Waals surface area contributed by atoms with Gasteiger partial charge in [0.1, 0.15) is 11.5 Å². The minimum absolute atomic E-state index is 0.0604. The van der Waals surface area contributed by atoms with Crippen LogP contribution in [0.15, 0.2) is 51.4 Å². The van der Waals surface area contributed by atoms with Crippen LogP contribution in [-0.4, -0.2) is 17.9 Å². The Morgan fingerprint density at radius 2 is 2.05 bits per heavy atom. The van der Waals surface area contributed by atoms with Crippen molar-refractivity contribution in [3.63, 3.8) is 0 Å². The van der Waals surface area contributed by atoms with E-state index in [1.54, 1.807) is 18.0 Å². The molecule has 2 aromatic rings. The molecule has 1 aromatic heterocycles. The van der Waals surface area contributed by atoms with Crippen LogP contribution in [0.1, 0.15) is 17.1 Å². The summed E-state index contributed by atoms with van der Waals surface area (Å²) in [7, 11) is 1.78. The molecular formula is C16H16BrNO2. The minimum atomic E-state index is -0.0604. The lowest BCUT2D eigenvalue weighted by atomic mass is 10.2. The molecule has 0 unspecified atom stereocenters. The van der Waals surface area contributed by atoms with Crippen LogP contribution in [0.3, 0.4) is 0 Å². The van der Waals surface area contributed by atoms with Gasteiger partial charge in [0, 0.05) is 24.1 Å². The van der Waals surface area contributed by atoms with Gasteiger partial charge in [-0.15, -0.1) is 0 Å². The van der Waals surface area contributed by atoms with E-state index in [1.807, 2.05) is 43.3 Å². The van der Waals surface area contributed by atoms with Crippen LogP contribution in [0.4, 0.5) is 0 Å². The summed E-state index contributed by atoms with van der Waals surface area (Å²) in [5, 5.41) is 0. The highest BCUT2D eigenvalue weighted by molar-refractivity contribution is 9.10. The number of carbonyl (C=O) groups is 1. The topological polar surface area (TPSA) is 33.5 Å². The van der Waals surface area contributed by atoms with Crippen LogP contribution in [0.5, 0.6) is 0 Å². The molecule has 1 heterocycles. The monoisotopic (exact) mass is 333 g/mol. The highest BCUT2D eigenvalue weighted by Crippen LogP contribution is 2.17. The largest absolute Gasteiger partial charge is 0.462 e. The van der Waals surface area contributed by atoms with Gasteiger partial charge in [0.05, 0.1) is 0 Å². The van der Waals surface area contributed by atoms with E-state index in [9.17, 15) is 4.79 Å². The third-order valence-corrected chi connectivity index (χ3v) is 3.67. The van der Waals surface area contributed by atoms with Crippen molar-refractivity contribution in [1.82, 2.24) is 4.90 Å². The number of likely N-dealkylation sites (N-methyl/N-ethyl adjacent to an activating group) is 1. The molecule has 20 heavy (non-hydrogen) atoms. The molecule has 2 rings (SSSR count). The lowest BCUT2D eigenvalue weighted by molar-refractivity contribution is -0.125. The first kappa shape index (κ1) is 14.6. The lowest BCUT2D eigenvalue weighted by Gasteiger charge is -2.16. The molecule has 1 amide bonds. The van der Waals surface area contributed by atoms with Crippen molar-refractivity contribution in [2.75, 3.05) is 7.05 Å². The quantitative estimate of drug-likeness (QED) is 0.791. The Bertz CT molecular complexity index is 631. The van der Waals surface area contributed by atoms with E-state index in [0.717, 1.165) is 15.8 Å². The maximum atomic E-state index is 12.0. The van der Waals surface area contributed by atoms with Crippen LogP contribution in [0, 0.1) is 6.92 Å². The van der Waals surface area contributed by atoms with Crippen LogP contribution in [0.2, 0.25) is 0 Å². The van der Waals surface area contributed by atoms with Crippen LogP contribution in [-0.2, 0) is 11.3 Å². The van der Waals surface area contributed by atoms with Gasteiger partial charge in [0.25, 0.3) is 0 Å². The first-order chi connectivity index (χ1) is 9.56. The molecule has 0 bridgehead atoms. The van der Waals surface area contributed by atoms with Crippen molar-refractivity contribution < 1.29 is 9.21 Å². The van der Waals surface area contributed by atoms with Gasteiger partial charge in [0.15, 0.2) is 0 Å². The number of amides is 1. The van der Waals surface area contributed by atoms with Crippen molar-refractivity contribution in [3.8, 4) is 0 Å². The zero-order valence-electron chi connectivity index (χ0n) is 11.5. The number of halogens is 1. The molecule has 0 aliphatic carbocycles. The van der Waals surface area contributed by atoms with E-state index >= 15 is 0 Å². The third-order valence-electron chi connectivity index (χ3n) is 2.89. The minimum Gasteiger partial charge on any atom is -0.462 e. The van der Waals surface area contributed by atoms with Gasteiger partial charge >= 0.3 is 0 Å². The molecule has 1 aromatic carbocycles. The number of hydrogen-bond acceptors (Lipinski definition) is 2. The number of rotatable bonds is 4. The molecule has 0 N–H and O–H groups in total. The van der Waals surface area contributed by atoms with Crippen molar-refractivity contribution in [3.05, 3.63) is 64.0 Å². The summed E-state index contributed by atoms with van der Waals surface area (Å²) in [5.74, 6) is 1.46. The second kappa shape index (κ2) is 6.57. The molecule has 0 saturated heterocycles. The third kappa shape index (κ3) is 3.84. The van der Waals surface area contributed by atoms with E-state index < -0.39 is 0 Å². The molecule has 3 nitrogen and oxygen atoms in total. The molecule has 0 atom stereocenters. The number of aryl methyl sites for hydroxylation is 1. The predicted octanol–water partition coefficient (Wildman–Crippen LogP) is 4.02. The molecule has 0 aliphatic rings. The molecule has 0 radical (unpaired) electrons. The highest BCUT2D eigenvalue weighted by Gasteiger charge is 2.08. The molecular weight excluding hydrogens is 318 g/mol. The summed E-state index contributed by atoms with van der Waals surface area (Å²) in [4.78, 5) is 13.7. The van der Waals surface area contributed by atoms with Crippen molar-refractivity contribution in [2.45, 2.75) is 13.5 Å². The van der Waals surface area contributed by atoms with Crippen molar-refractivity contribution >= 4 is 27.9 Å². The van der Waals surface area contributed by atoms with Crippen LogP contribution < -0.4 is 0 Å². The van der Waals surface area contributed by atoms with Gasteiger partial charge in [-0.1, -0.05) is 34.1 Å². The zero-order chi connectivity index (χ0) is 14.5. The Morgan fingerprint density at radius 1 is 1.30 bits per heavy atom. The van der Waals surface area contributed by atoms with E-state index in [1.165, 1.54) is 6.08 Å². The van der Waals surface area contributed by atoms with Crippen molar-refractivity contribution in [1.29, 1.82) is 0 Å².